The van der Waals surface area contributed by atoms with Crippen LogP contribution in [0.15, 0.2) is 0 Å². The molecule has 3 nitrogen and oxygen atoms in total. The van der Waals surface area contributed by atoms with Gasteiger partial charge in [0, 0.05) is 6.92 Å². The summed E-state index contributed by atoms with van der Waals surface area (Å²) in [7, 11) is 0. The zero-order valence-electron chi connectivity index (χ0n) is 14.0. The van der Waals surface area contributed by atoms with Crippen LogP contribution in [-0.2, 0) is 4.74 Å². The lowest BCUT2D eigenvalue weighted by Crippen LogP contribution is -2.27. The third kappa shape index (κ3) is 6.74. The Hall–Kier alpha value is -0.570. The van der Waals surface area contributed by atoms with Crippen molar-refractivity contribution >= 4 is 5.84 Å². The van der Waals surface area contributed by atoms with Gasteiger partial charge in [0.2, 0.25) is 5.84 Å². The number of ether oxygens (including phenoxy) is 1. The van der Waals surface area contributed by atoms with E-state index in [4.69, 9.17) is 4.74 Å². The second-order valence-electron chi connectivity index (χ2n) is 5.90. The highest BCUT2D eigenvalue weighted by molar-refractivity contribution is 5.75. The molecule has 0 aromatic heterocycles. The van der Waals surface area contributed by atoms with Crippen molar-refractivity contribution in [1.82, 2.24) is 4.90 Å². The van der Waals surface area contributed by atoms with Crippen molar-refractivity contribution in [1.29, 1.82) is 0 Å². The van der Waals surface area contributed by atoms with Crippen LogP contribution < -0.4 is 0 Å². The molecule has 1 heterocycles. The van der Waals surface area contributed by atoms with Gasteiger partial charge < -0.3 is 4.74 Å². The summed E-state index contributed by atoms with van der Waals surface area (Å²) in [6.45, 7) is 11.8. The minimum Gasteiger partial charge on any atom is -0.342 e. The normalized spacial score (nSPS) is 15.4. The zero-order chi connectivity index (χ0) is 14.6. The summed E-state index contributed by atoms with van der Waals surface area (Å²) >= 11 is 0. The molecular weight excluding hydrogens is 248 g/mol. The fourth-order valence-corrected chi connectivity index (χ4v) is 2.82. The quantitative estimate of drug-likeness (QED) is 0.399. The van der Waals surface area contributed by atoms with Gasteiger partial charge in [-0.1, -0.05) is 51.9 Å². The van der Waals surface area contributed by atoms with Crippen molar-refractivity contribution in [3.63, 3.8) is 0 Å². The van der Waals surface area contributed by atoms with Gasteiger partial charge in [0.1, 0.15) is 13.1 Å². The highest BCUT2D eigenvalue weighted by Crippen LogP contribution is 2.08. The van der Waals surface area contributed by atoms with Crippen LogP contribution in [0.5, 0.6) is 0 Å². The van der Waals surface area contributed by atoms with Crippen LogP contribution in [0.25, 0.3) is 0 Å². The molecule has 0 aromatic rings. The Bertz CT molecular complexity index is 276. The Morgan fingerprint density at radius 2 is 1.65 bits per heavy atom. The first-order valence-electron chi connectivity index (χ1n) is 8.70. The maximum Gasteiger partial charge on any atom is 0.245 e. The molecule has 0 unspecified atom stereocenters. The zero-order valence-corrected chi connectivity index (χ0v) is 14.0. The van der Waals surface area contributed by atoms with Crippen LogP contribution >= 0.6 is 0 Å². The molecule has 0 fully saturated rings. The van der Waals surface area contributed by atoms with E-state index >= 15 is 0 Å². The monoisotopic (exact) mass is 283 g/mol. The molecule has 0 radical (unpaired) electrons. The van der Waals surface area contributed by atoms with Crippen molar-refractivity contribution in [2.75, 3.05) is 33.0 Å². The average molecular weight is 283 g/mol. The van der Waals surface area contributed by atoms with Crippen LogP contribution in [0.1, 0.15) is 72.1 Å². The van der Waals surface area contributed by atoms with Crippen molar-refractivity contribution in [2.24, 2.45) is 0 Å². The molecule has 0 amide bonds. The molecule has 1 rings (SSSR count). The summed E-state index contributed by atoms with van der Waals surface area (Å²) in [5.74, 6) is 1.38. The van der Waals surface area contributed by atoms with Crippen molar-refractivity contribution in [2.45, 2.75) is 72.1 Å². The van der Waals surface area contributed by atoms with Gasteiger partial charge in [-0.05, 0) is 13.3 Å². The maximum atomic E-state index is 5.80. The van der Waals surface area contributed by atoms with E-state index in [0.29, 0.717) is 0 Å². The Morgan fingerprint density at radius 3 is 2.25 bits per heavy atom. The maximum absolute atomic E-state index is 5.80. The number of amidine groups is 1. The lowest BCUT2D eigenvalue weighted by Gasteiger charge is -2.07. The molecule has 1 aliphatic heterocycles. The van der Waals surface area contributed by atoms with E-state index in [9.17, 15) is 0 Å². The van der Waals surface area contributed by atoms with Gasteiger partial charge in [-0.3, -0.25) is 4.90 Å². The van der Waals surface area contributed by atoms with Crippen molar-refractivity contribution in [3.8, 4) is 0 Å². The lowest BCUT2D eigenvalue weighted by atomic mass is 10.1. The highest BCUT2D eigenvalue weighted by atomic mass is 16.5. The average Bonchev–Trinajstić information content (AvgIpc) is 2.81. The smallest absolute Gasteiger partial charge is 0.245 e. The number of hydrogen-bond acceptors (Lipinski definition) is 2. The van der Waals surface area contributed by atoms with E-state index in [1.807, 2.05) is 0 Å². The first-order chi connectivity index (χ1) is 9.79. The van der Waals surface area contributed by atoms with E-state index < -0.39 is 0 Å². The molecule has 0 saturated carbocycles. The third-order valence-electron chi connectivity index (χ3n) is 4.33. The van der Waals surface area contributed by atoms with E-state index in [1.54, 1.807) is 0 Å². The highest BCUT2D eigenvalue weighted by Gasteiger charge is 2.24. The minimum absolute atomic E-state index is 0.777. The molecule has 20 heavy (non-hydrogen) atoms. The third-order valence-corrected chi connectivity index (χ3v) is 4.33. The summed E-state index contributed by atoms with van der Waals surface area (Å²) in [6, 6.07) is 0. The van der Waals surface area contributed by atoms with Crippen LogP contribution in [0.3, 0.4) is 0 Å². The Morgan fingerprint density at radius 1 is 1.00 bits per heavy atom. The van der Waals surface area contributed by atoms with Gasteiger partial charge in [0.05, 0.1) is 13.2 Å². The van der Waals surface area contributed by atoms with Gasteiger partial charge in [0.15, 0.2) is 6.73 Å². The minimum atomic E-state index is 0.777. The number of likely N-dealkylation sites (N-methyl/N-ethyl adjacent to an activating group) is 1. The Kier molecular flexibility index (Phi) is 9.73. The first-order valence-corrected chi connectivity index (χ1v) is 8.70. The molecule has 0 bridgehead atoms. The summed E-state index contributed by atoms with van der Waals surface area (Å²) in [5, 5.41) is 0. The molecule has 0 saturated heterocycles. The molecule has 0 N–H and O–H groups in total. The SMILES string of the molecule is CCCCCCCCCCOC[N+]1=C(C)N(CC)CC1. The summed E-state index contributed by atoms with van der Waals surface area (Å²) < 4.78 is 8.16. The molecule has 0 spiro atoms. The summed E-state index contributed by atoms with van der Waals surface area (Å²) in [6.07, 6.45) is 10.9. The van der Waals surface area contributed by atoms with Crippen LogP contribution in [0.2, 0.25) is 0 Å². The van der Waals surface area contributed by atoms with Crippen molar-refractivity contribution in [3.05, 3.63) is 0 Å². The van der Waals surface area contributed by atoms with Crippen LogP contribution in [0.4, 0.5) is 0 Å². The van der Waals surface area contributed by atoms with Crippen LogP contribution in [0, 0.1) is 0 Å². The Balaban J connectivity index is 1.91. The second kappa shape index (κ2) is 11.1. The molecular formula is C17H35N2O+. The van der Waals surface area contributed by atoms with Gasteiger partial charge in [-0.2, -0.15) is 0 Å². The van der Waals surface area contributed by atoms with Gasteiger partial charge >= 0.3 is 0 Å². The molecule has 3 heteroatoms. The topological polar surface area (TPSA) is 15.5 Å². The first kappa shape index (κ1) is 17.5. The predicted molar refractivity (Wildman–Crippen MR) is 86.5 cm³/mol. The van der Waals surface area contributed by atoms with Gasteiger partial charge in [-0.15, -0.1) is 0 Å². The van der Waals surface area contributed by atoms with Crippen LogP contribution in [-0.4, -0.2) is 48.3 Å². The van der Waals surface area contributed by atoms with Gasteiger partial charge in [-0.25, -0.2) is 4.58 Å². The summed E-state index contributed by atoms with van der Waals surface area (Å²) in [4.78, 5) is 2.42. The number of nitrogens with zero attached hydrogens (tertiary/aromatic N) is 2. The fourth-order valence-electron chi connectivity index (χ4n) is 2.82. The standard InChI is InChI=1S/C17H35N2O/c1-4-6-7-8-9-10-11-12-15-20-16-19-14-13-18(5-2)17(19)3/h4-16H2,1-3H3/q+1. The molecule has 0 atom stereocenters. The molecule has 0 aromatic carbocycles. The molecule has 0 aliphatic carbocycles. The van der Waals surface area contributed by atoms with Gasteiger partial charge in [0.25, 0.3) is 0 Å². The number of rotatable bonds is 12. The van der Waals surface area contributed by atoms with E-state index in [-0.39, 0.29) is 0 Å². The van der Waals surface area contributed by atoms with E-state index in [1.165, 1.54) is 57.2 Å². The molecule has 118 valence electrons. The van der Waals surface area contributed by atoms with E-state index in [0.717, 1.165) is 33.0 Å². The molecule has 1 aliphatic rings. The predicted octanol–water partition coefficient (Wildman–Crippen LogP) is 3.87. The second-order valence-corrected chi connectivity index (χ2v) is 5.90. The fraction of sp³-hybridized carbons (Fsp3) is 0.941. The number of hydrogen-bond donors (Lipinski definition) is 0. The largest absolute Gasteiger partial charge is 0.342 e. The Labute approximate surface area is 126 Å². The van der Waals surface area contributed by atoms with E-state index in [2.05, 4.69) is 30.2 Å². The lowest BCUT2D eigenvalue weighted by molar-refractivity contribution is -0.560. The number of unbranched alkanes of at least 4 members (excludes halogenated alkanes) is 7. The summed E-state index contributed by atoms with van der Waals surface area (Å²) in [5.41, 5.74) is 0. The van der Waals surface area contributed by atoms with Crippen molar-refractivity contribution < 1.29 is 9.31 Å².